The highest BCUT2D eigenvalue weighted by molar-refractivity contribution is 9.10. The number of nitrogens with zero attached hydrogens (tertiary/aromatic N) is 1. The van der Waals surface area contributed by atoms with E-state index in [1.54, 1.807) is 17.0 Å². The molecule has 3 nitrogen and oxygen atoms in total. The van der Waals surface area contributed by atoms with Gasteiger partial charge >= 0.3 is 6.09 Å². The van der Waals surface area contributed by atoms with E-state index in [1.165, 1.54) is 12.1 Å². The van der Waals surface area contributed by atoms with Crippen molar-refractivity contribution in [3.8, 4) is 0 Å². The fraction of sp³-hybridized carbons (Fsp3) is 0.316. The van der Waals surface area contributed by atoms with Gasteiger partial charge in [0.05, 0.1) is 6.04 Å². The van der Waals surface area contributed by atoms with Gasteiger partial charge in [0.1, 0.15) is 11.4 Å². The number of hydrogen-bond donors (Lipinski definition) is 0. The van der Waals surface area contributed by atoms with Crippen molar-refractivity contribution >= 4 is 22.0 Å². The molecule has 1 heterocycles. The topological polar surface area (TPSA) is 29.5 Å². The van der Waals surface area contributed by atoms with E-state index in [1.807, 2.05) is 38.1 Å². The van der Waals surface area contributed by atoms with Crippen LogP contribution < -0.4 is 0 Å². The van der Waals surface area contributed by atoms with Gasteiger partial charge in [0.2, 0.25) is 0 Å². The molecule has 1 aliphatic rings. The van der Waals surface area contributed by atoms with Crippen LogP contribution in [0.2, 0.25) is 0 Å². The van der Waals surface area contributed by atoms with Crippen LogP contribution in [0.5, 0.6) is 0 Å². The first kappa shape index (κ1) is 17.0. The highest BCUT2D eigenvalue weighted by Crippen LogP contribution is 2.36. The fourth-order valence-corrected chi connectivity index (χ4v) is 3.27. The number of benzene rings is 2. The summed E-state index contributed by atoms with van der Waals surface area (Å²) in [6.07, 6.45) is 0.314. The maximum absolute atomic E-state index is 13.1. The van der Waals surface area contributed by atoms with Crippen molar-refractivity contribution < 1.29 is 13.9 Å². The van der Waals surface area contributed by atoms with E-state index < -0.39 is 5.60 Å². The molecule has 1 saturated heterocycles. The molecule has 0 spiro atoms. The minimum atomic E-state index is -0.722. The average molecular weight is 392 g/mol. The summed E-state index contributed by atoms with van der Waals surface area (Å²) in [4.78, 5) is 14.3. The number of amides is 1. The average Bonchev–Trinajstić information content (AvgIpc) is 2.55. The fourth-order valence-electron chi connectivity index (χ4n) is 3.01. The van der Waals surface area contributed by atoms with Gasteiger partial charge in [-0.25, -0.2) is 9.18 Å². The molecule has 5 heteroatoms. The van der Waals surface area contributed by atoms with Crippen molar-refractivity contribution in [3.05, 3.63) is 69.9 Å². The number of cyclic esters (lactones) is 1. The van der Waals surface area contributed by atoms with Gasteiger partial charge in [-0.15, -0.1) is 0 Å². The first-order valence-corrected chi connectivity index (χ1v) is 8.69. The van der Waals surface area contributed by atoms with Gasteiger partial charge in [0.15, 0.2) is 0 Å². The predicted molar refractivity (Wildman–Crippen MR) is 94.1 cm³/mol. The number of carbonyl (C=O) groups excluding carboxylic acids is 1. The highest BCUT2D eigenvalue weighted by Gasteiger charge is 2.39. The number of halogens is 2. The normalized spacial score (nSPS) is 22.2. The van der Waals surface area contributed by atoms with Crippen molar-refractivity contribution in [2.75, 3.05) is 6.54 Å². The Morgan fingerprint density at radius 1 is 1.17 bits per heavy atom. The predicted octanol–water partition coefficient (Wildman–Crippen LogP) is 5.41. The second-order valence-corrected chi connectivity index (χ2v) is 7.19. The molecule has 0 saturated carbocycles. The first-order chi connectivity index (χ1) is 11.4. The zero-order chi connectivity index (χ0) is 17.3. The molecule has 2 aromatic rings. The summed E-state index contributed by atoms with van der Waals surface area (Å²) in [6.45, 7) is 4.45. The molecule has 0 aliphatic carbocycles. The zero-order valence-electron chi connectivity index (χ0n) is 13.6. The van der Waals surface area contributed by atoms with Crippen LogP contribution in [-0.2, 0) is 10.3 Å². The second-order valence-electron chi connectivity index (χ2n) is 6.28. The van der Waals surface area contributed by atoms with Crippen LogP contribution in [-0.4, -0.2) is 17.5 Å². The summed E-state index contributed by atoms with van der Waals surface area (Å²) in [5.74, 6) is -0.296. The Hall–Kier alpha value is -1.88. The van der Waals surface area contributed by atoms with E-state index in [4.69, 9.17) is 4.74 Å². The van der Waals surface area contributed by atoms with Gasteiger partial charge in [0, 0.05) is 17.4 Å². The van der Waals surface area contributed by atoms with Gasteiger partial charge in [0.25, 0.3) is 0 Å². The first-order valence-electron chi connectivity index (χ1n) is 7.90. The molecule has 3 rings (SSSR count). The molecule has 0 N–H and O–H groups in total. The Balaban J connectivity index is 1.76. The van der Waals surface area contributed by atoms with E-state index in [0.717, 1.165) is 15.6 Å². The van der Waals surface area contributed by atoms with Crippen molar-refractivity contribution in [1.82, 2.24) is 4.90 Å². The Labute approximate surface area is 149 Å². The van der Waals surface area contributed by atoms with Crippen molar-refractivity contribution in [2.45, 2.75) is 31.9 Å². The van der Waals surface area contributed by atoms with Crippen molar-refractivity contribution in [2.24, 2.45) is 0 Å². The van der Waals surface area contributed by atoms with Crippen LogP contribution in [0.15, 0.2) is 53.0 Å². The number of hydrogen-bond acceptors (Lipinski definition) is 2. The van der Waals surface area contributed by atoms with Crippen LogP contribution >= 0.6 is 15.9 Å². The molecule has 0 aromatic heterocycles. The minimum absolute atomic E-state index is 0.0663. The molecule has 2 aromatic carbocycles. The molecule has 0 bridgehead atoms. The maximum Gasteiger partial charge on any atom is 0.411 e. The summed E-state index contributed by atoms with van der Waals surface area (Å²) in [5, 5.41) is 0. The quantitative estimate of drug-likeness (QED) is 0.699. The van der Waals surface area contributed by atoms with Gasteiger partial charge < -0.3 is 9.64 Å². The molecule has 24 heavy (non-hydrogen) atoms. The zero-order valence-corrected chi connectivity index (χ0v) is 15.2. The van der Waals surface area contributed by atoms with E-state index in [0.29, 0.717) is 13.0 Å². The Kier molecular flexibility index (Phi) is 4.63. The molecule has 0 radical (unpaired) electrons. The summed E-state index contributed by atoms with van der Waals surface area (Å²) in [7, 11) is 0. The van der Waals surface area contributed by atoms with Gasteiger partial charge in [-0.2, -0.15) is 0 Å². The standard InChI is InChI=1S/C19H19BrFNO2/c1-13(14-3-7-16(20)8-4-14)22-12-11-19(2,24-18(22)23)15-5-9-17(21)10-6-15/h3-10,13H,11-12H2,1-2H3. The van der Waals surface area contributed by atoms with Crippen LogP contribution in [0, 0.1) is 5.82 Å². The van der Waals surface area contributed by atoms with Gasteiger partial charge in [-0.05, 0) is 49.2 Å². The Bertz CT molecular complexity index is 732. The molecular weight excluding hydrogens is 373 g/mol. The van der Waals surface area contributed by atoms with E-state index in [2.05, 4.69) is 15.9 Å². The Morgan fingerprint density at radius 2 is 1.79 bits per heavy atom. The number of carbonyl (C=O) groups is 1. The minimum Gasteiger partial charge on any atom is -0.438 e. The summed E-state index contributed by atoms with van der Waals surface area (Å²) in [6, 6.07) is 14.0. The molecule has 126 valence electrons. The van der Waals surface area contributed by atoms with Crippen LogP contribution in [0.3, 0.4) is 0 Å². The second kappa shape index (κ2) is 6.55. The van der Waals surface area contributed by atoms with Crippen LogP contribution in [0.25, 0.3) is 0 Å². The maximum atomic E-state index is 13.1. The van der Waals surface area contributed by atoms with Crippen molar-refractivity contribution in [1.29, 1.82) is 0 Å². The highest BCUT2D eigenvalue weighted by atomic mass is 79.9. The number of rotatable bonds is 3. The Morgan fingerprint density at radius 3 is 2.38 bits per heavy atom. The van der Waals surface area contributed by atoms with Crippen LogP contribution in [0.1, 0.15) is 37.4 Å². The lowest BCUT2D eigenvalue weighted by atomic mass is 9.90. The lowest BCUT2D eigenvalue weighted by Crippen LogP contribution is -2.47. The largest absolute Gasteiger partial charge is 0.438 e. The molecule has 1 fully saturated rings. The van der Waals surface area contributed by atoms with Gasteiger partial charge in [-0.3, -0.25) is 0 Å². The smallest absolute Gasteiger partial charge is 0.411 e. The SMILES string of the molecule is CC(c1ccc(Br)cc1)N1CCC(C)(c2ccc(F)cc2)OC1=O. The summed E-state index contributed by atoms with van der Waals surface area (Å²) < 4.78 is 19.9. The lowest BCUT2D eigenvalue weighted by Gasteiger charge is -2.41. The number of ether oxygens (including phenoxy) is 1. The van der Waals surface area contributed by atoms with Crippen molar-refractivity contribution in [3.63, 3.8) is 0 Å². The third kappa shape index (κ3) is 3.31. The molecular formula is C19H19BrFNO2. The lowest BCUT2D eigenvalue weighted by molar-refractivity contribution is -0.0491. The molecule has 1 aliphatic heterocycles. The van der Waals surface area contributed by atoms with Gasteiger partial charge in [-0.1, -0.05) is 40.2 Å². The molecule has 1 amide bonds. The van der Waals surface area contributed by atoms with E-state index in [9.17, 15) is 9.18 Å². The third-order valence-corrected chi connectivity index (χ3v) is 5.18. The molecule has 2 atom stereocenters. The molecule has 2 unspecified atom stereocenters. The van der Waals surface area contributed by atoms with E-state index in [-0.39, 0.29) is 18.0 Å². The summed E-state index contributed by atoms with van der Waals surface area (Å²) in [5.41, 5.74) is 1.15. The third-order valence-electron chi connectivity index (χ3n) is 4.65. The van der Waals surface area contributed by atoms with Crippen LogP contribution in [0.4, 0.5) is 9.18 Å². The summed E-state index contributed by atoms with van der Waals surface area (Å²) >= 11 is 3.42. The van der Waals surface area contributed by atoms with E-state index >= 15 is 0 Å². The monoisotopic (exact) mass is 391 g/mol.